The predicted molar refractivity (Wildman–Crippen MR) is 75.2 cm³/mol. The van der Waals surface area contributed by atoms with E-state index in [1.807, 2.05) is 6.92 Å². The average molecular weight is 263 g/mol. The Morgan fingerprint density at radius 1 is 1.53 bits per heavy atom. The van der Waals surface area contributed by atoms with E-state index in [0.717, 1.165) is 25.9 Å². The summed E-state index contributed by atoms with van der Waals surface area (Å²) in [6, 6.07) is 3.15. The molecule has 0 spiro atoms. The summed E-state index contributed by atoms with van der Waals surface area (Å²) >= 11 is 0. The standard InChI is InChI=1S/C14H21N3O2/c1-2-17-10-12(5-6-14(17)19)16-13(18)8-11-4-3-7-15-9-11/h5-6,10-11,15H,2-4,7-9H2,1H3,(H,16,18). The molecule has 1 aromatic heterocycles. The number of pyridine rings is 1. The summed E-state index contributed by atoms with van der Waals surface area (Å²) in [5.41, 5.74) is 0.646. The van der Waals surface area contributed by atoms with Crippen LogP contribution in [0.1, 0.15) is 26.2 Å². The molecule has 2 rings (SSSR count). The molecule has 0 radical (unpaired) electrons. The molecule has 1 unspecified atom stereocenters. The molecule has 0 saturated carbocycles. The van der Waals surface area contributed by atoms with E-state index in [4.69, 9.17) is 0 Å². The third kappa shape index (κ3) is 3.92. The lowest BCUT2D eigenvalue weighted by atomic mass is 9.96. The number of nitrogens with zero attached hydrogens (tertiary/aromatic N) is 1. The van der Waals surface area contributed by atoms with Crippen LogP contribution >= 0.6 is 0 Å². The average Bonchev–Trinajstić information content (AvgIpc) is 2.42. The highest BCUT2D eigenvalue weighted by molar-refractivity contribution is 5.90. The first-order valence-electron chi connectivity index (χ1n) is 6.90. The molecule has 2 N–H and O–H groups in total. The number of piperidine rings is 1. The molecular formula is C14H21N3O2. The summed E-state index contributed by atoms with van der Waals surface area (Å²) < 4.78 is 1.58. The van der Waals surface area contributed by atoms with E-state index in [-0.39, 0.29) is 11.5 Å². The highest BCUT2D eigenvalue weighted by atomic mass is 16.1. The Kier molecular flexibility index (Phi) is 4.74. The Hall–Kier alpha value is -1.62. The third-order valence-corrected chi connectivity index (χ3v) is 3.48. The van der Waals surface area contributed by atoms with E-state index in [1.54, 1.807) is 16.8 Å². The zero-order valence-corrected chi connectivity index (χ0v) is 11.3. The largest absolute Gasteiger partial charge is 0.325 e. The maximum atomic E-state index is 11.9. The lowest BCUT2D eigenvalue weighted by Crippen LogP contribution is -2.32. The molecule has 1 aliphatic rings. The van der Waals surface area contributed by atoms with Crippen LogP contribution in [0.5, 0.6) is 0 Å². The number of aromatic nitrogens is 1. The molecule has 19 heavy (non-hydrogen) atoms. The molecule has 0 aliphatic carbocycles. The molecule has 1 fully saturated rings. The van der Waals surface area contributed by atoms with Gasteiger partial charge in [-0.1, -0.05) is 0 Å². The summed E-state index contributed by atoms with van der Waals surface area (Å²) in [5, 5.41) is 6.17. The van der Waals surface area contributed by atoms with Crippen LogP contribution in [-0.2, 0) is 11.3 Å². The number of aryl methyl sites for hydroxylation is 1. The zero-order valence-electron chi connectivity index (χ0n) is 11.3. The van der Waals surface area contributed by atoms with E-state index < -0.39 is 0 Å². The molecule has 1 saturated heterocycles. The Balaban J connectivity index is 1.92. The maximum absolute atomic E-state index is 11.9. The number of nitrogens with one attached hydrogen (secondary N) is 2. The van der Waals surface area contributed by atoms with Crippen molar-refractivity contribution in [2.75, 3.05) is 18.4 Å². The summed E-state index contributed by atoms with van der Waals surface area (Å²) in [6.45, 7) is 4.48. The Morgan fingerprint density at radius 3 is 3.05 bits per heavy atom. The topological polar surface area (TPSA) is 63.1 Å². The molecule has 5 heteroatoms. The van der Waals surface area contributed by atoms with Crippen molar-refractivity contribution in [2.45, 2.75) is 32.7 Å². The SMILES string of the molecule is CCn1cc(NC(=O)CC2CCCNC2)ccc1=O. The van der Waals surface area contributed by atoms with Gasteiger partial charge in [-0.3, -0.25) is 9.59 Å². The molecule has 1 amide bonds. The summed E-state index contributed by atoms with van der Waals surface area (Å²) in [6.07, 6.45) is 4.48. The minimum atomic E-state index is -0.0445. The van der Waals surface area contributed by atoms with Gasteiger partial charge in [0.15, 0.2) is 0 Å². The minimum Gasteiger partial charge on any atom is -0.325 e. The van der Waals surface area contributed by atoms with E-state index in [0.29, 0.717) is 24.6 Å². The number of rotatable bonds is 4. The predicted octanol–water partition coefficient (Wildman–Crippen LogP) is 1.20. The number of hydrogen-bond donors (Lipinski definition) is 2. The highest BCUT2D eigenvalue weighted by Crippen LogP contribution is 2.15. The fourth-order valence-electron chi connectivity index (χ4n) is 2.42. The lowest BCUT2D eigenvalue weighted by molar-refractivity contribution is -0.117. The molecule has 1 aliphatic heterocycles. The molecule has 5 nitrogen and oxygen atoms in total. The van der Waals surface area contributed by atoms with Gasteiger partial charge in [-0.15, -0.1) is 0 Å². The normalized spacial score (nSPS) is 19.1. The monoisotopic (exact) mass is 263 g/mol. The van der Waals surface area contributed by atoms with Gasteiger partial charge in [0.25, 0.3) is 5.56 Å². The van der Waals surface area contributed by atoms with Gasteiger partial charge in [0.1, 0.15) is 0 Å². The van der Waals surface area contributed by atoms with Crippen LogP contribution in [0.15, 0.2) is 23.1 Å². The van der Waals surface area contributed by atoms with Crippen LogP contribution in [0.4, 0.5) is 5.69 Å². The van der Waals surface area contributed by atoms with Gasteiger partial charge in [-0.25, -0.2) is 0 Å². The second-order valence-corrected chi connectivity index (χ2v) is 5.01. The quantitative estimate of drug-likeness (QED) is 0.858. The first-order chi connectivity index (χ1) is 9.19. The van der Waals surface area contributed by atoms with Crippen molar-refractivity contribution in [3.05, 3.63) is 28.7 Å². The molecule has 1 aromatic rings. The lowest BCUT2D eigenvalue weighted by Gasteiger charge is -2.22. The van der Waals surface area contributed by atoms with Crippen molar-refractivity contribution in [2.24, 2.45) is 5.92 Å². The molecule has 2 heterocycles. The van der Waals surface area contributed by atoms with E-state index in [1.165, 1.54) is 6.07 Å². The Bertz CT molecular complexity index is 490. The fraction of sp³-hybridized carbons (Fsp3) is 0.571. The molecule has 0 bridgehead atoms. The van der Waals surface area contributed by atoms with Gasteiger partial charge in [0.05, 0.1) is 5.69 Å². The first-order valence-corrected chi connectivity index (χ1v) is 6.90. The Labute approximate surface area is 113 Å². The van der Waals surface area contributed by atoms with Crippen LogP contribution in [0.3, 0.4) is 0 Å². The third-order valence-electron chi connectivity index (χ3n) is 3.48. The van der Waals surface area contributed by atoms with E-state index in [2.05, 4.69) is 10.6 Å². The van der Waals surface area contributed by atoms with Crippen molar-refractivity contribution in [1.82, 2.24) is 9.88 Å². The minimum absolute atomic E-state index is 0.0232. The van der Waals surface area contributed by atoms with Gasteiger partial charge >= 0.3 is 0 Å². The van der Waals surface area contributed by atoms with Crippen LogP contribution in [0.25, 0.3) is 0 Å². The van der Waals surface area contributed by atoms with E-state index in [9.17, 15) is 9.59 Å². The smallest absolute Gasteiger partial charge is 0.250 e. The van der Waals surface area contributed by atoms with Crippen molar-refractivity contribution in [1.29, 1.82) is 0 Å². The number of carbonyl (C=O) groups is 1. The zero-order chi connectivity index (χ0) is 13.7. The molecule has 104 valence electrons. The van der Waals surface area contributed by atoms with Gasteiger partial charge in [0, 0.05) is 25.2 Å². The van der Waals surface area contributed by atoms with Gasteiger partial charge in [0.2, 0.25) is 5.91 Å². The van der Waals surface area contributed by atoms with Crippen LogP contribution in [-0.4, -0.2) is 23.6 Å². The van der Waals surface area contributed by atoms with Crippen LogP contribution in [0.2, 0.25) is 0 Å². The second-order valence-electron chi connectivity index (χ2n) is 5.01. The molecular weight excluding hydrogens is 242 g/mol. The number of amides is 1. The first kappa shape index (κ1) is 13.8. The Morgan fingerprint density at radius 2 is 2.37 bits per heavy atom. The van der Waals surface area contributed by atoms with Crippen molar-refractivity contribution in [3.63, 3.8) is 0 Å². The van der Waals surface area contributed by atoms with Crippen LogP contribution < -0.4 is 16.2 Å². The number of carbonyl (C=O) groups excluding carboxylic acids is 1. The van der Waals surface area contributed by atoms with Crippen molar-refractivity contribution < 1.29 is 4.79 Å². The molecule has 1 atom stereocenters. The highest BCUT2D eigenvalue weighted by Gasteiger charge is 2.16. The van der Waals surface area contributed by atoms with Gasteiger partial charge in [-0.2, -0.15) is 0 Å². The van der Waals surface area contributed by atoms with Crippen molar-refractivity contribution in [3.8, 4) is 0 Å². The number of anilines is 1. The summed E-state index contributed by atoms with van der Waals surface area (Å²) in [5.74, 6) is 0.445. The van der Waals surface area contributed by atoms with Gasteiger partial charge < -0.3 is 15.2 Å². The fourth-order valence-corrected chi connectivity index (χ4v) is 2.42. The van der Waals surface area contributed by atoms with Crippen molar-refractivity contribution >= 4 is 11.6 Å². The second kappa shape index (κ2) is 6.52. The number of hydrogen-bond acceptors (Lipinski definition) is 3. The van der Waals surface area contributed by atoms with E-state index >= 15 is 0 Å². The van der Waals surface area contributed by atoms with Crippen LogP contribution in [0, 0.1) is 5.92 Å². The summed E-state index contributed by atoms with van der Waals surface area (Å²) in [7, 11) is 0. The maximum Gasteiger partial charge on any atom is 0.250 e. The molecule has 0 aromatic carbocycles. The van der Waals surface area contributed by atoms with Gasteiger partial charge in [-0.05, 0) is 44.8 Å². The summed E-state index contributed by atoms with van der Waals surface area (Å²) in [4.78, 5) is 23.4.